The molecule has 0 saturated heterocycles. The topological polar surface area (TPSA) is 46.9 Å². The summed E-state index contributed by atoms with van der Waals surface area (Å²) in [5.74, 6) is 1.02. The third-order valence-corrected chi connectivity index (χ3v) is 4.43. The molecular formula is C18H22ClN3O. The van der Waals surface area contributed by atoms with Crippen molar-refractivity contribution in [3.8, 4) is 11.1 Å². The van der Waals surface area contributed by atoms with E-state index in [0.29, 0.717) is 6.42 Å². The van der Waals surface area contributed by atoms with Crippen LogP contribution in [0.5, 0.6) is 0 Å². The maximum Gasteiger partial charge on any atom is 0.220 e. The van der Waals surface area contributed by atoms with Gasteiger partial charge in [-0.05, 0) is 36.5 Å². The highest BCUT2D eigenvalue weighted by Crippen LogP contribution is 2.31. The summed E-state index contributed by atoms with van der Waals surface area (Å²) in [6.07, 6.45) is 9.02. The summed E-state index contributed by atoms with van der Waals surface area (Å²) < 4.78 is 1.89. The van der Waals surface area contributed by atoms with E-state index in [2.05, 4.69) is 10.4 Å². The molecule has 1 aliphatic rings. The minimum Gasteiger partial charge on any atom is -0.356 e. The molecule has 3 rings (SSSR count). The molecule has 0 unspecified atom stereocenters. The average molecular weight is 332 g/mol. The summed E-state index contributed by atoms with van der Waals surface area (Å²) in [7, 11) is 0. The first-order chi connectivity index (χ1) is 11.2. The van der Waals surface area contributed by atoms with Gasteiger partial charge in [0.25, 0.3) is 0 Å². The normalized spacial score (nSPS) is 14.0. The fraction of sp³-hybridized carbons (Fsp3) is 0.444. The van der Waals surface area contributed by atoms with Crippen LogP contribution in [0.1, 0.15) is 32.1 Å². The SMILES string of the molecule is O=C(CCCn1cc(-c2ccc(Cl)cc2)cn1)NCCC1CC1. The number of hydrogen-bond acceptors (Lipinski definition) is 2. The summed E-state index contributed by atoms with van der Waals surface area (Å²) in [5, 5.41) is 8.08. The molecule has 2 aromatic rings. The molecular weight excluding hydrogens is 310 g/mol. The van der Waals surface area contributed by atoms with E-state index in [1.165, 1.54) is 12.8 Å². The molecule has 5 heteroatoms. The molecule has 4 nitrogen and oxygen atoms in total. The number of rotatable bonds is 8. The van der Waals surface area contributed by atoms with Gasteiger partial charge in [0.1, 0.15) is 0 Å². The summed E-state index contributed by atoms with van der Waals surface area (Å²) in [6.45, 7) is 1.58. The van der Waals surface area contributed by atoms with E-state index in [1.807, 2.05) is 41.3 Å². The number of halogens is 1. The maximum absolute atomic E-state index is 11.7. The maximum atomic E-state index is 11.7. The van der Waals surface area contributed by atoms with Crippen LogP contribution in [0.25, 0.3) is 11.1 Å². The van der Waals surface area contributed by atoms with E-state index in [0.717, 1.165) is 48.0 Å². The number of carbonyl (C=O) groups excluding carboxylic acids is 1. The highest BCUT2D eigenvalue weighted by molar-refractivity contribution is 6.30. The number of hydrogen-bond donors (Lipinski definition) is 1. The molecule has 0 aliphatic heterocycles. The quantitative estimate of drug-likeness (QED) is 0.797. The molecule has 0 radical (unpaired) electrons. The van der Waals surface area contributed by atoms with Crippen LogP contribution in [0, 0.1) is 5.92 Å². The first-order valence-corrected chi connectivity index (χ1v) is 8.63. The Morgan fingerprint density at radius 1 is 1.26 bits per heavy atom. The second kappa shape index (κ2) is 7.64. The van der Waals surface area contributed by atoms with Crippen molar-refractivity contribution in [2.24, 2.45) is 5.92 Å². The Morgan fingerprint density at radius 2 is 2.04 bits per heavy atom. The number of nitrogens with zero attached hydrogens (tertiary/aromatic N) is 2. The fourth-order valence-electron chi connectivity index (χ4n) is 2.59. The minimum absolute atomic E-state index is 0.149. The van der Waals surface area contributed by atoms with Crippen molar-refractivity contribution in [1.82, 2.24) is 15.1 Å². The van der Waals surface area contributed by atoms with Crippen LogP contribution < -0.4 is 5.32 Å². The van der Waals surface area contributed by atoms with E-state index >= 15 is 0 Å². The molecule has 0 spiro atoms. The number of nitrogens with one attached hydrogen (secondary N) is 1. The van der Waals surface area contributed by atoms with Gasteiger partial charge in [-0.2, -0.15) is 5.10 Å². The monoisotopic (exact) mass is 331 g/mol. The zero-order chi connectivity index (χ0) is 16.1. The first kappa shape index (κ1) is 16.1. The average Bonchev–Trinajstić information content (AvgIpc) is 3.25. The van der Waals surface area contributed by atoms with Gasteiger partial charge in [0.05, 0.1) is 6.20 Å². The van der Waals surface area contributed by atoms with Gasteiger partial charge in [-0.1, -0.05) is 36.6 Å². The smallest absolute Gasteiger partial charge is 0.220 e. The fourth-order valence-corrected chi connectivity index (χ4v) is 2.72. The van der Waals surface area contributed by atoms with Gasteiger partial charge in [-0.15, -0.1) is 0 Å². The van der Waals surface area contributed by atoms with Crippen molar-refractivity contribution in [2.45, 2.75) is 38.6 Å². The summed E-state index contributed by atoms with van der Waals surface area (Å²) in [4.78, 5) is 11.7. The van der Waals surface area contributed by atoms with Crippen molar-refractivity contribution in [1.29, 1.82) is 0 Å². The zero-order valence-electron chi connectivity index (χ0n) is 13.2. The lowest BCUT2D eigenvalue weighted by Gasteiger charge is -2.04. The van der Waals surface area contributed by atoms with Crippen LogP contribution in [0.15, 0.2) is 36.7 Å². The van der Waals surface area contributed by atoms with Crippen LogP contribution in [0.4, 0.5) is 0 Å². The minimum atomic E-state index is 0.149. The molecule has 1 N–H and O–H groups in total. The molecule has 1 fully saturated rings. The molecule has 0 atom stereocenters. The molecule has 23 heavy (non-hydrogen) atoms. The third kappa shape index (κ3) is 5.10. The molecule has 1 saturated carbocycles. The van der Waals surface area contributed by atoms with Crippen molar-refractivity contribution < 1.29 is 4.79 Å². The van der Waals surface area contributed by atoms with E-state index in [-0.39, 0.29) is 5.91 Å². The standard InChI is InChI=1S/C18H22ClN3O/c19-17-7-5-15(6-8-17)16-12-21-22(13-16)11-1-2-18(23)20-10-9-14-3-4-14/h5-8,12-14H,1-4,9-11H2,(H,20,23). The lowest BCUT2D eigenvalue weighted by atomic mass is 10.1. The number of aromatic nitrogens is 2. The van der Waals surface area contributed by atoms with Gasteiger partial charge in [-0.25, -0.2) is 0 Å². The first-order valence-electron chi connectivity index (χ1n) is 8.26. The predicted octanol–water partition coefficient (Wildman–Crippen LogP) is 3.90. The molecule has 1 aromatic carbocycles. The summed E-state index contributed by atoms with van der Waals surface area (Å²) in [6, 6.07) is 7.72. The van der Waals surface area contributed by atoms with Crippen LogP contribution >= 0.6 is 11.6 Å². The highest BCUT2D eigenvalue weighted by Gasteiger charge is 2.20. The second-order valence-corrected chi connectivity index (χ2v) is 6.62. The van der Waals surface area contributed by atoms with Gasteiger partial charge in [-0.3, -0.25) is 9.48 Å². The second-order valence-electron chi connectivity index (χ2n) is 6.18. The molecule has 122 valence electrons. The number of carbonyl (C=O) groups is 1. The van der Waals surface area contributed by atoms with Crippen LogP contribution in [-0.4, -0.2) is 22.2 Å². The highest BCUT2D eigenvalue weighted by atomic mass is 35.5. The van der Waals surface area contributed by atoms with E-state index in [1.54, 1.807) is 0 Å². The molecule has 0 bridgehead atoms. The van der Waals surface area contributed by atoms with Gasteiger partial charge >= 0.3 is 0 Å². The van der Waals surface area contributed by atoms with E-state index in [4.69, 9.17) is 11.6 Å². The number of amides is 1. The zero-order valence-corrected chi connectivity index (χ0v) is 13.9. The van der Waals surface area contributed by atoms with E-state index in [9.17, 15) is 4.79 Å². The van der Waals surface area contributed by atoms with Crippen LogP contribution in [0.2, 0.25) is 5.02 Å². The number of aryl methyl sites for hydroxylation is 1. The number of benzene rings is 1. The predicted molar refractivity (Wildman–Crippen MR) is 92.3 cm³/mol. The van der Waals surface area contributed by atoms with Gasteiger partial charge in [0.15, 0.2) is 0 Å². The Morgan fingerprint density at radius 3 is 2.78 bits per heavy atom. The van der Waals surface area contributed by atoms with Gasteiger partial charge in [0.2, 0.25) is 5.91 Å². The summed E-state index contributed by atoms with van der Waals surface area (Å²) >= 11 is 5.90. The van der Waals surface area contributed by atoms with Crippen molar-refractivity contribution in [2.75, 3.05) is 6.54 Å². The lowest BCUT2D eigenvalue weighted by Crippen LogP contribution is -2.24. The van der Waals surface area contributed by atoms with Crippen molar-refractivity contribution >= 4 is 17.5 Å². The molecule has 1 aromatic heterocycles. The Kier molecular flexibility index (Phi) is 5.34. The molecule has 1 amide bonds. The van der Waals surface area contributed by atoms with Gasteiger partial charge < -0.3 is 5.32 Å². The van der Waals surface area contributed by atoms with Gasteiger partial charge in [0, 0.05) is 36.3 Å². The Balaban J connectivity index is 1.40. The third-order valence-electron chi connectivity index (χ3n) is 4.17. The Labute approximate surface area is 141 Å². The van der Waals surface area contributed by atoms with E-state index < -0.39 is 0 Å². The van der Waals surface area contributed by atoms with Crippen LogP contribution in [0.3, 0.4) is 0 Å². The Hall–Kier alpha value is -1.81. The van der Waals surface area contributed by atoms with Crippen molar-refractivity contribution in [3.63, 3.8) is 0 Å². The lowest BCUT2D eigenvalue weighted by molar-refractivity contribution is -0.121. The van der Waals surface area contributed by atoms with Crippen LogP contribution in [-0.2, 0) is 11.3 Å². The largest absolute Gasteiger partial charge is 0.356 e. The Bertz CT molecular complexity index is 647. The van der Waals surface area contributed by atoms with Crippen molar-refractivity contribution in [3.05, 3.63) is 41.7 Å². The molecule has 1 heterocycles. The summed E-state index contributed by atoms with van der Waals surface area (Å²) in [5.41, 5.74) is 2.16. The molecule has 1 aliphatic carbocycles.